The maximum absolute atomic E-state index is 8.84. The molecule has 0 spiro atoms. The van der Waals surface area contributed by atoms with Gasteiger partial charge in [-0.25, -0.2) is 4.98 Å². The number of para-hydroxylation sites is 2. The second kappa shape index (κ2) is 9.17. The largest absolute Gasteiger partial charge is 0.322 e. The van der Waals surface area contributed by atoms with Crippen LogP contribution in [0.2, 0.25) is 0 Å². The Morgan fingerprint density at radius 2 is 1.80 bits per heavy atom. The van der Waals surface area contributed by atoms with Gasteiger partial charge in [-0.1, -0.05) is 48.5 Å². The lowest BCUT2D eigenvalue weighted by Crippen LogP contribution is -2.21. The smallest absolute Gasteiger partial charge is 0.124 e. The van der Waals surface area contributed by atoms with Crippen LogP contribution >= 0.6 is 0 Å². The van der Waals surface area contributed by atoms with Crippen LogP contribution in [0.15, 0.2) is 79.0 Å². The average molecular weight is 393 g/mol. The van der Waals surface area contributed by atoms with Gasteiger partial charge >= 0.3 is 0 Å². The van der Waals surface area contributed by atoms with Crippen LogP contribution in [0.5, 0.6) is 0 Å². The van der Waals surface area contributed by atoms with E-state index in [2.05, 4.69) is 64.0 Å². The van der Waals surface area contributed by atoms with Crippen LogP contribution < -0.4 is 0 Å². The molecule has 30 heavy (non-hydrogen) atoms. The molecule has 0 radical (unpaired) electrons. The van der Waals surface area contributed by atoms with Gasteiger partial charge in [-0.3, -0.25) is 9.88 Å². The summed E-state index contributed by atoms with van der Waals surface area (Å²) in [6.45, 7) is 2.14. The summed E-state index contributed by atoms with van der Waals surface area (Å²) in [5, 5.41) is 8.84. The number of nitriles is 1. The van der Waals surface area contributed by atoms with Crippen LogP contribution in [0.25, 0.3) is 17.1 Å². The highest BCUT2D eigenvalue weighted by atomic mass is 15.2. The summed E-state index contributed by atoms with van der Waals surface area (Å²) in [6, 6.07) is 24.6. The molecule has 0 aliphatic heterocycles. The first-order chi connectivity index (χ1) is 14.7. The second-order valence-corrected chi connectivity index (χ2v) is 7.26. The fraction of sp³-hybridized carbons (Fsp3) is 0.160. The molecule has 0 atom stereocenters. The van der Waals surface area contributed by atoms with Gasteiger partial charge in [0, 0.05) is 25.4 Å². The summed E-state index contributed by atoms with van der Waals surface area (Å²) in [5.41, 5.74) is 5.30. The Bertz CT molecular complexity index is 1200. The van der Waals surface area contributed by atoms with Crippen LogP contribution in [-0.2, 0) is 19.6 Å². The van der Waals surface area contributed by atoms with E-state index < -0.39 is 0 Å². The Balaban J connectivity index is 1.60. The topological polar surface area (TPSA) is 57.7 Å². The number of nitrogens with zero attached hydrogens (tertiary/aromatic N) is 5. The number of benzene rings is 2. The van der Waals surface area contributed by atoms with E-state index in [-0.39, 0.29) is 0 Å². The average Bonchev–Trinajstić information content (AvgIpc) is 3.10. The maximum atomic E-state index is 8.84. The van der Waals surface area contributed by atoms with Gasteiger partial charge in [0.25, 0.3) is 0 Å². The molecule has 0 fully saturated rings. The highest BCUT2D eigenvalue weighted by Gasteiger charge is 2.14. The van der Waals surface area contributed by atoms with Gasteiger partial charge in [0.2, 0.25) is 0 Å². The lowest BCUT2D eigenvalue weighted by Gasteiger charge is -2.18. The highest BCUT2D eigenvalue weighted by molar-refractivity contribution is 5.76. The van der Waals surface area contributed by atoms with E-state index in [0.29, 0.717) is 13.1 Å². The van der Waals surface area contributed by atoms with Gasteiger partial charge in [0.15, 0.2) is 0 Å². The van der Waals surface area contributed by atoms with Crippen molar-refractivity contribution in [3.63, 3.8) is 0 Å². The zero-order valence-electron chi connectivity index (χ0n) is 16.9. The summed E-state index contributed by atoms with van der Waals surface area (Å²) in [4.78, 5) is 11.6. The molecular formula is C25H23N5. The van der Waals surface area contributed by atoms with E-state index >= 15 is 0 Å². The Kier molecular flexibility index (Phi) is 5.98. The minimum Gasteiger partial charge on any atom is -0.322 e. The quantitative estimate of drug-likeness (QED) is 0.429. The number of hydrogen-bond donors (Lipinski definition) is 0. The molecule has 4 rings (SSSR count). The third kappa shape index (κ3) is 4.45. The van der Waals surface area contributed by atoms with Crippen molar-refractivity contribution in [3.05, 3.63) is 102 Å². The summed E-state index contributed by atoms with van der Waals surface area (Å²) < 4.78 is 2.29. The lowest BCUT2D eigenvalue weighted by atomic mass is 10.1. The van der Waals surface area contributed by atoms with Crippen molar-refractivity contribution in [1.82, 2.24) is 19.4 Å². The van der Waals surface area contributed by atoms with E-state index in [4.69, 9.17) is 10.2 Å². The Hall–Kier alpha value is -3.75. The van der Waals surface area contributed by atoms with Crippen molar-refractivity contribution in [3.8, 4) is 6.07 Å². The minimum atomic E-state index is 0.667. The third-order valence-electron chi connectivity index (χ3n) is 5.01. The molecule has 4 aromatic rings. The Morgan fingerprint density at radius 1 is 1.00 bits per heavy atom. The van der Waals surface area contributed by atoms with Crippen molar-refractivity contribution in [2.45, 2.75) is 19.6 Å². The van der Waals surface area contributed by atoms with Gasteiger partial charge in [0.1, 0.15) is 5.82 Å². The van der Waals surface area contributed by atoms with Gasteiger partial charge in [-0.2, -0.15) is 5.26 Å². The SMILES string of the molecule is CN(Cc1ncccc1/C=C/C#N)Cc1nc2ccccc2n1Cc1ccccc1. The normalized spacial score (nSPS) is 11.4. The number of allylic oxidation sites excluding steroid dienone is 1. The second-order valence-electron chi connectivity index (χ2n) is 7.26. The van der Waals surface area contributed by atoms with E-state index in [0.717, 1.165) is 34.7 Å². The molecule has 0 N–H and O–H groups in total. The molecule has 0 aliphatic rings. The predicted octanol–water partition coefficient (Wildman–Crippen LogP) is 4.65. The first-order valence-corrected chi connectivity index (χ1v) is 9.91. The fourth-order valence-electron chi connectivity index (χ4n) is 3.60. The monoisotopic (exact) mass is 393 g/mol. The molecule has 0 aliphatic carbocycles. The summed E-state index contributed by atoms with van der Waals surface area (Å²) in [5.74, 6) is 1.02. The number of fused-ring (bicyclic) bond motifs is 1. The number of hydrogen-bond acceptors (Lipinski definition) is 4. The maximum Gasteiger partial charge on any atom is 0.124 e. The van der Waals surface area contributed by atoms with Gasteiger partial charge in [0.05, 0.1) is 29.3 Å². The van der Waals surface area contributed by atoms with Gasteiger partial charge < -0.3 is 4.57 Å². The standard InChI is InChI=1S/C25H23N5/c1-29(18-23-21(11-7-15-26)12-8-16-27-23)19-25-28-22-13-5-6-14-24(22)30(25)17-20-9-3-2-4-10-20/h2-14,16H,17-19H2,1H3/b11-7+. The zero-order valence-corrected chi connectivity index (χ0v) is 16.9. The number of imidazole rings is 1. The van der Waals surface area contributed by atoms with Crippen LogP contribution in [-0.4, -0.2) is 26.5 Å². The van der Waals surface area contributed by atoms with Crippen molar-refractivity contribution >= 4 is 17.1 Å². The summed E-state index contributed by atoms with van der Waals surface area (Å²) >= 11 is 0. The molecule has 0 saturated heterocycles. The zero-order chi connectivity index (χ0) is 20.8. The molecule has 0 bridgehead atoms. The molecule has 2 aromatic carbocycles. The molecule has 5 heteroatoms. The van der Waals surface area contributed by atoms with Gasteiger partial charge in [-0.15, -0.1) is 0 Å². The molecule has 2 heterocycles. The first-order valence-electron chi connectivity index (χ1n) is 9.91. The number of pyridine rings is 1. The Labute approximate surface area is 176 Å². The molecule has 5 nitrogen and oxygen atoms in total. The number of aromatic nitrogens is 3. The summed E-state index contributed by atoms with van der Waals surface area (Å²) in [6.07, 6.45) is 5.08. The molecule has 0 unspecified atom stereocenters. The van der Waals surface area contributed by atoms with E-state index in [1.54, 1.807) is 12.3 Å². The van der Waals surface area contributed by atoms with Crippen LogP contribution in [0.3, 0.4) is 0 Å². The fourth-order valence-corrected chi connectivity index (χ4v) is 3.60. The first kappa shape index (κ1) is 19.6. The van der Waals surface area contributed by atoms with Crippen molar-refractivity contribution in [2.75, 3.05) is 7.05 Å². The van der Waals surface area contributed by atoms with Crippen molar-refractivity contribution in [1.29, 1.82) is 5.26 Å². The lowest BCUT2D eigenvalue weighted by molar-refractivity contribution is 0.303. The predicted molar refractivity (Wildman–Crippen MR) is 119 cm³/mol. The minimum absolute atomic E-state index is 0.667. The summed E-state index contributed by atoms with van der Waals surface area (Å²) in [7, 11) is 2.07. The van der Waals surface area contributed by atoms with Crippen LogP contribution in [0.4, 0.5) is 0 Å². The molecule has 0 saturated carbocycles. The van der Waals surface area contributed by atoms with E-state index in [9.17, 15) is 0 Å². The molecule has 148 valence electrons. The number of rotatable bonds is 7. The third-order valence-corrected chi connectivity index (χ3v) is 5.01. The van der Waals surface area contributed by atoms with E-state index in [1.165, 1.54) is 11.6 Å². The Morgan fingerprint density at radius 3 is 2.63 bits per heavy atom. The molecule has 2 aromatic heterocycles. The van der Waals surface area contributed by atoms with Crippen molar-refractivity contribution in [2.24, 2.45) is 0 Å². The van der Waals surface area contributed by atoms with Crippen LogP contribution in [0, 0.1) is 11.3 Å². The molecule has 0 amide bonds. The van der Waals surface area contributed by atoms with Crippen molar-refractivity contribution < 1.29 is 0 Å². The van der Waals surface area contributed by atoms with Crippen LogP contribution in [0.1, 0.15) is 22.6 Å². The van der Waals surface area contributed by atoms with E-state index in [1.807, 2.05) is 30.3 Å². The molecular weight excluding hydrogens is 370 g/mol. The van der Waals surface area contributed by atoms with Gasteiger partial charge in [-0.05, 0) is 42.4 Å². The highest BCUT2D eigenvalue weighted by Crippen LogP contribution is 2.20.